The maximum absolute atomic E-state index is 2.42. The van der Waals surface area contributed by atoms with Crippen molar-refractivity contribution in [2.75, 3.05) is 9.80 Å². The molecule has 88 heavy (non-hydrogen) atoms. The van der Waals surface area contributed by atoms with Crippen molar-refractivity contribution in [2.45, 2.75) is 52.4 Å². The molecular weight excluding hydrogens is 1060 g/mol. The maximum atomic E-state index is 2.42. The third-order valence-electron chi connectivity index (χ3n) is 18.8. The van der Waals surface area contributed by atoms with Crippen LogP contribution in [0.5, 0.6) is 0 Å². The average molecular weight is 1130 g/mol. The van der Waals surface area contributed by atoms with Crippen molar-refractivity contribution in [1.29, 1.82) is 0 Å². The molecule has 0 bridgehead atoms. The molecule has 0 saturated heterocycles. The highest BCUT2D eigenvalue weighted by Gasteiger charge is 2.38. The molecule has 0 N–H and O–H groups in total. The molecule has 0 saturated carbocycles. The zero-order chi connectivity index (χ0) is 59.7. The van der Waals surface area contributed by atoms with E-state index in [1.165, 1.54) is 122 Å². The van der Waals surface area contributed by atoms with Crippen LogP contribution in [0, 0.1) is 13.8 Å². The molecule has 0 radical (unpaired) electrons. The van der Waals surface area contributed by atoms with Gasteiger partial charge in [-0.15, -0.1) is 0 Å². The summed E-state index contributed by atoms with van der Waals surface area (Å²) in [4.78, 5) is 4.80. The van der Waals surface area contributed by atoms with Gasteiger partial charge in [0.05, 0.1) is 0 Å². The molecule has 2 aliphatic carbocycles. The zero-order valence-corrected chi connectivity index (χ0v) is 50.8. The Balaban J connectivity index is 0.645. The molecule has 15 rings (SSSR count). The molecule has 2 heteroatoms. The fourth-order valence-corrected chi connectivity index (χ4v) is 13.9. The fraction of sp³-hybridized carbons (Fsp3) is 0.0930. The Morgan fingerprint density at radius 1 is 0.250 bits per heavy atom. The quantitative estimate of drug-likeness (QED) is 0.113. The summed E-state index contributed by atoms with van der Waals surface area (Å²) >= 11 is 0. The van der Waals surface area contributed by atoms with Gasteiger partial charge in [0.2, 0.25) is 0 Å². The molecule has 13 aromatic rings. The lowest BCUT2D eigenvalue weighted by Gasteiger charge is -2.28. The van der Waals surface area contributed by atoms with Gasteiger partial charge in [-0.3, -0.25) is 0 Å². The second-order valence-electron chi connectivity index (χ2n) is 25.1. The van der Waals surface area contributed by atoms with E-state index in [9.17, 15) is 0 Å². The standard InChI is InChI=1S/C86H68N2/c1-57-21-39-67(40-22-57)87(69-43-35-65(36-44-69)75-19-11-15-63-13-7-9-17-73(63)75)71-47-51-79-77-49-33-61(53-81(77)85(3,4)83(79)55-71)31-29-59-25-27-60(28-26-59)30-32-62-34-50-78-80-52-48-72(56-84(80)86(5,6)82(78)54-62)88(68-41-23-58(2)24-42-68)70-45-37-66(38-46-70)76-20-12-16-64-14-8-10-18-74(64)76/h7-56H,1-6H3. The number of hydrogen-bond donors (Lipinski definition) is 0. The topological polar surface area (TPSA) is 6.48 Å². The van der Waals surface area contributed by atoms with Crippen LogP contribution in [-0.4, -0.2) is 0 Å². The van der Waals surface area contributed by atoms with Crippen molar-refractivity contribution in [3.63, 3.8) is 0 Å². The summed E-state index contributed by atoms with van der Waals surface area (Å²) in [5, 5.41) is 5.04. The van der Waals surface area contributed by atoms with E-state index in [0.717, 1.165) is 34.1 Å². The van der Waals surface area contributed by atoms with Crippen LogP contribution in [0.3, 0.4) is 0 Å². The van der Waals surface area contributed by atoms with Gasteiger partial charge < -0.3 is 9.80 Å². The minimum Gasteiger partial charge on any atom is -0.310 e. The molecule has 422 valence electrons. The summed E-state index contributed by atoms with van der Waals surface area (Å²) < 4.78 is 0. The summed E-state index contributed by atoms with van der Waals surface area (Å²) in [7, 11) is 0. The Hall–Kier alpha value is -10.5. The highest BCUT2D eigenvalue weighted by Crippen LogP contribution is 2.53. The van der Waals surface area contributed by atoms with Gasteiger partial charge in [0, 0.05) is 45.0 Å². The number of fused-ring (bicyclic) bond motifs is 8. The van der Waals surface area contributed by atoms with E-state index in [1.807, 2.05) is 0 Å². The number of anilines is 6. The third-order valence-corrected chi connectivity index (χ3v) is 18.8. The molecule has 0 spiro atoms. The molecule has 0 heterocycles. The van der Waals surface area contributed by atoms with Crippen molar-refractivity contribution < 1.29 is 0 Å². The normalized spacial score (nSPS) is 13.4. The molecule has 0 unspecified atom stereocenters. The van der Waals surface area contributed by atoms with E-state index in [1.54, 1.807) is 0 Å². The minimum atomic E-state index is -0.199. The first kappa shape index (κ1) is 54.1. The van der Waals surface area contributed by atoms with Gasteiger partial charge >= 0.3 is 0 Å². The summed E-state index contributed by atoms with van der Waals surface area (Å²) in [5.41, 5.74) is 29.2. The molecule has 2 nitrogen and oxygen atoms in total. The van der Waals surface area contributed by atoms with Crippen LogP contribution in [0.25, 0.3) is 90.4 Å². The molecule has 0 fully saturated rings. The molecule has 0 aliphatic heterocycles. The SMILES string of the molecule is Cc1ccc(N(c2ccc(-c3cccc4ccccc34)cc2)c2ccc3c(c2)C(C)(C)c2cc(C=Cc4ccc(C=Cc5ccc6c(c5)C(C)(C)c5cc(N(c7ccc(C)cc7)c7ccc(-c8cccc9ccccc89)cc7)ccc5-6)cc4)ccc2-3)cc1. The lowest BCUT2D eigenvalue weighted by Crippen LogP contribution is -2.16. The number of nitrogens with zero attached hydrogens (tertiary/aromatic N) is 2. The van der Waals surface area contributed by atoms with Gasteiger partial charge in [-0.1, -0.05) is 269 Å². The van der Waals surface area contributed by atoms with Crippen molar-refractivity contribution in [1.82, 2.24) is 0 Å². The Morgan fingerprint density at radius 2 is 0.545 bits per heavy atom. The van der Waals surface area contributed by atoms with Crippen molar-refractivity contribution in [3.05, 3.63) is 335 Å². The second-order valence-corrected chi connectivity index (χ2v) is 25.1. The van der Waals surface area contributed by atoms with Gasteiger partial charge in [0.25, 0.3) is 0 Å². The van der Waals surface area contributed by atoms with E-state index in [4.69, 9.17) is 0 Å². The first-order valence-corrected chi connectivity index (χ1v) is 30.9. The predicted molar refractivity (Wildman–Crippen MR) is 377 cm³/mol. The van der Waals surface area contributed by atoms with Gasteiger partial charge in [-0.25, -0.2) is 0 Å². The average Bonchev–Trinajstić information content (AvgIpc) is 1.64. The highest BCUT2D eigenvalue weighted by atomic mass is 15.1. The van der Waals surface area contributed by atoms with Crippen LogP contribution >= 0.6 is 0 Å². The van der Waals surface area contributed by atoms with E-state index >= 15 is 0 Å². The van der Waals surface area contributed by atoms with Crippen LogP contribution < -0.4 is 9.80 Å². The Morgan fingerprint density at radius 3 is 0.932 bits per heavy atom. The summed E-state index contributed by atoms with van der Waals surface area (Å²) in [6, 6.07) is 103. The molecule has 2 aliphatic rings. The van der Waals surface area contributed by atoms with Crippen molar-refractivity contribution in [3.8, 4) is 44.5 Å². The van der Waals surface area contributed by atoms with Gasteiger partial charge in [0.15, 0.2) is 0 Å². The van der Waals surface area contributed by atoms with E-state index in [-0.39, 0.29) is 10.8 Å². The monoisotopic (exact) mass is 1130 g/mol. The van der Waals surface area contributed by atoms with E-state index in [2.05, 4.69) is 355 Å². The lowest BCUT2D eigenvalue weighted by molar-refractivity contribution is 0.660. The van der Waals surface area contributed by atoms with Gasteiger partial charge in [-0.2, -0.15) is 0 Å². The second kappa shape index (κ2) is 21.8. The Bertz CT molecular complexity index is 4560. The van der Waals surface area contributed by atoms with E-state index in [0.29, 0.717) is 0 Å². The molecule has 13 aromatic carbocycles. The number of hydrogen-bond acceptors (Lipinski definition) is 2. The van der Waals surface area contributed by atoms with Gasteiger partial charge in [-0.05, 0) is 197 Å². The summed E-state index contributed by atoms with van der Waals surface area (Å²) in [6.45, 7) is 13.8. The maximum Gasteiger partial charge on any atom is 0.0465 e. The van der Waals surface area contributed by atoms with Crippen LogP contribution in [0.2, 0.25) is 0 Å². The van der Waals surface area contributed by atoms with Crippen molar-refractivity contribution >= 4 is 80.0 Å². The first-order chi connectivity index (χ1) is 42.9. The van der Waals surface area contributed by atoms with Crippen LogP contribution in [0.1, 0.15) is 83.3 Å². The number of rotatable bonds is 12. The Kier molecular flexibility index (Phi) is 13.4. The van der Waals surface area contributed by atoms with E-state index < -0.39 is 0 Å². The summed E-state index contributed by atoms with van der Waals surface area (Å²) in [5.74, 6) is 0. The third kappa shape index (κ3) is 9.72. The van der Waals surface area contributed by atoms with Crippen LogP contribution in [-0.2, 0) is 10.8 Å². The Labute approximate surface area is 518 Å². The number of benzene rings is 13. The molecule has 0 amide bonds. The smallest absolute Gasteiger partial charge is 0.0465 e. The van der Waals surface area contributed by atoms with Crippen LogP contribution in [0.4, 0.5) is 34.1 Å². The largest absolute Gasteiger partial charge is 0.310 e. The van der Waals surface area contributed by atoms with Crippen LogP contribution in [0.15, 0.2) is 279 Å². The zero-order valence-electron chi connectivity index (χ0n) is 50.8. The van der Waals surface area contributed by atoms with Crippen molar-refractivity contribution in [2.24, 2.45) is 0 Å². The highest BCUT2D eigenvalue weighted by molar-refractivity contribution is 5.99. The van der Waals surface area contributed by atoms with Gasteiger partial charge in [0.1, 0.15) is 0 Å². The molecular formula is C86H68N2. The first-order valence-electron chi connectivity index (χ1n) is 30.9. The molecule has 0 atom stereocenters. The fourth-order valence-electron chi connectivity index (χ4n) is 13.9. The lowest BCUT2D eigenvalue weighted by atomic mass is 9.81. The minimum absolute atomic E-state index is 0.199. The molecule has 0 aromatic heterocycles. The summed E-state index contributed by atoms with van der Waals surface area (Å²) in [6.07, 6.45) is 8.99. The predicted octanol–water partition coefficient (Wildman–Crippen LogP) is 23.8. The number of aryl methyl sites for hydroxylation is 2.